The summed E-state index contributed by atoms with van der Waals surface area (Å²) in [5.41, 5.74) is 1.59. The lowest BCUT2D eigenvalue weighted by Crippen LogP contribution is -2.31. The Hall–Kier alpha value is -2.77. The zero-order chi connectivity index (χ0) is 19.3. The van der Waals surface area contributed by atoms with E-state index in [9.17, 15) is 9.18 Å². The molecule has 0 aliphatic heterocycles. The highest BCUT2D eigenvalue weighted by atomic mass is 32.2. The number of hydrogen-bond donors (Lipinski definition) is 0. The third kappa shape index (κ3) is 4.37. The highest BCUT2D eigenvalue weighted by Crippen LogP contribution is 2.31. The van der Waals surface area contributed by atoms with Crippen LogP contribution >= 0.6 is 23.1 Å². The van der Waals surface area contributed by atoms with Crippen molar-refractivity contribution in [3.63, 3.8) is 0 Å². The Morgan fingerprint density at radius 1 is 1.11 bits per heavy atom. The second kappa shape index (κ2) is 8.50. The average Bonchev–Trinajstić information content (AvgIpc) is 3.14. The molecule has 0 fully saturated rings. The molecule has 7 heteroatoms. The third-order valence-corrected chi connectivity index (χ3v) is 6.08. The fraction of sp³-hybridized carbons (Fsp3) is 0.0952. The molecule has 0 unspecified atom stereocenters. The minimum absolute atomic E-state index is 0.0581. The maximum atomic E-state index is 13.5. The van der Waals surface area contributed by atoms with Crippen molar-refractivity contribution >= 4 is 44.4 Å². The average molecular weight is 410 g/mol. The van der Waals surface area contributed by atoms with E-state index >= 15 is 0 Å². The Balaban J connectivity index is 1.61. The van der Waals surface area contributed by atoms with E-state index in [-0.39, 0.29) is 17.5 Å². The molecule has 0 aliphatic carbocycles. The third-order valence-electron chi connectivity index (χ3n) is 4.04. The molecule has 2 aromatic heterocycles. The topological polar surface area (TPSA) is 46.1 Å². The molecule has 0 saturated carbocycles. The summed E-state index contributed by atoms with van der Waals surface area (Å²) in [4.78, 5) is 24.4. The van der Waals surface area contributed by atoms with Gasteiger partial charge in [-0.15, -0.1) is 11.8 Å². The monoisotopic (exact) mass is 409 g/mol. The van der Waals surface area contributed by atoms with Crippen LogP contribution < -0.4 is 4.90 Å². The van der Waals surface area contributed by atoms with Crippen LogP contribution in [0.3, 0.4) is 0 Å². The maximum Gasteiger partial charge on any atom is 0.239 e. The summed E-state index contributed by atoms with van der Waals surface area (Å²) in [6.07, 6.45) is 3.43. The van der Waals surface area contributed by atoms with Gasteiger partial charge in [-0.05, 0) is 42.0 Å². The number of rotatable bonds is 6. The number of thiazole rings is 1. The van der Waals surface area contributed by atoms with Crippen molar-refractivity contribution in [1.29, 1.82) is 0 Å². The smallest absolute Gasteiger partial charge is 0.239 e. The fourth-order valence-corrected chi connectivity index (χ4v) is 4.48. The predicted molar refractivity (Wildman–Crippen MR) is 112 cm³/mol. The highest BCUT2D eigenvalue weighted by Gasteiger charge is 2.20. The Morgan fingerprint density at radius 3 is 2.75 bits per heavy atom. The lowest BCUT2D eigenvalue weighted by atomic mass is 10.2. The van der Waals surface area contributed by atoms with Gasteiger partial charge in [0.05, 0.1) is 22.5 Å². The van der Waals surface area contributed by atoms with Crippen LogP contribution in [0.1, 0.15) is 5.56 Å². The summed E-state index contributed by atoms with van der Waals surface area (Å²) in [7, 11) is 0. The van der Waals surface area contributed by atoms with Crippen molar-refractivity contribution in [3.8, 4) is 0 Å². The number of carbonyl (C=O) groups is 1. The van der Waals surface area contributed by atoms with Gasteiger partial charge in [0.1, 0.15) is 5.82 Å². The number of fused-ring (bicyclic) bond motifs is 1. The van der Waals surface area contributed by atoms with Crippen molar-refractivity contribution in [2.45, 2.75) is 11.4 Å². The van der Waals surface area contributed by atoms with E-state index in [0.29, 0.717) is 17.2 Å². The number of anilines is 1. The number of aromatic nitrogens is 2. The molecular formula is C21H16FN3OS2. The van der Waals surface area contributed by atoms with E-state index in [1.54, 1.807) is 23.4 Å². The maximum absolute atomic E-state index is 13.5. The van der Waals surface area contributed by atoms with Gasteiger partial charge in [0.15, 0.2) is 5.13 Å². The number of thioether (sulfide) groups is 1. The Labute approximate surface area is 170 Å². The molecule has 140 valence electrons. The molecule has 0 N–H and O–H groups in total. The molecule has 0 atom stereocenters. The van der Waals surface area contributed by atoms with E-state index in [1.807, 2.05) is 42.5 Å². The zero-order valence-corrected chi connectivity index (χ0v) is 16.4. The summed E-state index contributed by atoms with van der Waals surface area (Å²) in [5.74, 6) is -0.0844. The second-order valence-electron chi connectivity index (χ2n) is 6.05. The summed E-state index contributed by atoms with van der Waals surface area (Å²) >= 11 is 2.79. The Kier molecular flexibility index (Phi) is 5.64. The molecule has 4 rings (SSSR count). The molecule has 2 heterocycles. The molecule has 0 saturated heterocycles. The van der Waals surface area contributed by atoms with Crippen LogP contribution in [0, 0.1) is 5.82 Å². The number of nitrogens with zero attached hydrogens (tertiary/aromatic N) is 3. The first kappa shape index (κ1) is 18.6. The van der Waals surface area contributed by atoms with Crippen LogP contribution in [-0.2, 0) is 11.3 Å². The normalized spacial score (nSPS) is 10.9. The van der Waals surface area contributed by atoms with Gasteiger partial charge < -0.3 is 0 Å². The Morgan fingerprint density at radius 2 is 1.96 bits per heavy atom. The number of benzene rings is 2. The van der Waals surface area contributed by atoms with Crippen molar-refractivity contribution in [1.82, 2.24) is 9.97 Å². The van der Waals surface area contributed by atoms with E-state index in [1.165, 1.54) is 35.2 Å². The molecule has 4 nitrogen and oxygen atoms in total. The number of pyridine rings is 1. The first-order chi connectivity index (χ1) is 13.7. The predicted octanol–water partition coefficient (Wildman–Crippen LogP) is 5.16. The molecule has 0 bridgehead atoms. The van der Waals surface area contributed by atoms with Crippen LogP contribution in [0.5, 0.6) is 0 Å². The number of carbonyl (C=O) groups excluding carboxylic acids is 1. The molecule has 1 amide bonds. The summed E-state index contributed by atoms with van der Waals surface area (Å²) in [6, 6.07) is 18.0. The van der Waals surface area contributed by atoms with Crippen molar-refractivity contribution in [2.75, 3.05) is 10.7 Å². The van der Waals surface area contributed by atoms with Gasteiger partial charge in [-0.1, -0.05) is 35.6 Å². The Bertz CT molecular complexity index is 1090. The van der Waals surface area contributed by atoms with E-state index in [4.69, 9.17) is 0 Å². The van der Waals surface area contributed by atoms with Crippen LogP contribution in [0.15, 0.2) is 78.0 Å². The second-order valence-corrected chi connectivity index (χ2v) is 8.11. The van der Waals surface area contributed by atoms with Gasteiger partial charge in [-0.25, -0.2) is 9.37 Å². The van der Waals surface area contributed by atoms with Crippen molar-refractivity contribution in [2.24, 2.45) is 0 Å². The summed E-state index contributed by atoms with van der Waals surface area (Å²) in [5, 5.41) is 0.558. The summed E-state index contributed by atoms with van der Waals surface area (Å²) < 4.78 is 14.3. The molecule has 0 aliphatic rings. The molecular weight excluding hydrogens is 393 g/mol. The van der Waals surface area contributed by atoms with Crippen LogP contribution in [0.2, 0.25) is 0 Å². The fourth-order valence-electron chi connectivity index (χ4n) is 2.68. The van der Waals surface area contributed by atoms with Crippen molar-refractivity contribution < 1.29 is 9.18 Å². The molecule has 0 spiro atoms. The van der Waals surface area contributed by atoms with Crippen molar-refractivity contribution in [3.05, 3.63) is 84.4 Å². The number of halogens is 1. The lowest BCUT2D eigenvalue weighted by molar-refractivity contribution is -0.116. The van der Waals surface area contributed by atoms with E-state index in [2.05, 4.69) is 9.97 Å². The zero-order valence-electron chi connectivity index (χ0n) is 14.8. The van der Waals surface area contributed by atoms with Gasteiger partial charge in [0.2, 0.25) is 5.91 Å². The number of amides is 1. The van der Waals surface area contributed by atoms with Crippen LogP contribution in [-0.4, -0.2) is 21.6 Å². The van der Waals surface area contributed by atoms with Gasteiger partial charge >= 0.3 is 0 Å². The molecule has 2 aromatic carbocycles. The minimum Gasteiger partial charge on any atom is -0.283 e. The van der Waals surface area contributed by atoms with Gasteiger partial charge in [-0.2, -0.15) is 0 Å². The van der Waals surface area contributed by atoms with Gasteiger partial charge in [0, 0.05) is 17.3 Å². The largest absolute Gasteiger partial charge is 0.283 e. The number of hydrogen-bond acceptors (Lipinski definition) is 5. The van der Waals surface area contributed by atoms with Crippen LogP contribution in [0.25, 0.3) is 10.2 Å². The van der Waals surface area contributed by atoms with E-state index in [0.717, 1.165) is 15.2 Å². The first-order valence-electron chi connectivity index (χ1n) is 8.62. The lowest BCUT2D eigenvalue weighted by Gasteiger charge is -2.19. The van der Waals surface area contributed by atoms with Gasteiger partial charge in [0.25, 0.3) is 0 Å². The van der Waals surface area contributed by atoms with Gasteiger partial charge in [-0.3, -0.25) is 14.7 Å². The summed E-state index contributed by atoms with van der Waals surface area (Å²) in [6.45, 7) is 0.365. The minimum atomic E-state index is -0.313. The van der Waals surface area contributed by atoms with E-state index < -0.39 is 0 Å². The molecule has 4 aromatic rings. The van der Waals surface area contributed by atoms with Crippen LogP contribution in [0.4, 0.5) is 9.52 Å². The first-order valence-corrected chi connectivity index (χ1v) is 10.4. The molecule has 0 radical (unpaired) electrons. The molecule has 28 heavy (non-hydrogen) atoms. The highest BCUT2D eigenvalue weighted by molar-refractivity contribution is 8.00. The SMILES string of the molecule is O=C(CSc1ccccc1)N(Cc1cccnc1)c1nc2ccc(F)cc2s1. The quantitative estimate of drug-likeness (QED) is 0.413. The standard InChI is InChI=1S/C21H16FN3OS2/c22-16-8-9-18-19(11-16)28-21(24-18)25(13-15-5-4-10-23-12-15)20(26)14-27-17-6-2-1-3-7-17/h1-12H,13-14H2.